The summed E-state index contributed by atoms with van der Waals surface area (Å²) in [6.07, 6.45) is 1.80. The van der Waals surface area contributed by atoms with Crippen LogP contribution in [-0.4, -0.2) is 13.4 Å². The summed E-state index contributed by atoms with van der Waals surface area (Å²) in [4.78, 5) is 11.0. The fourth-order valence-corrected chi connectivity index (χ4v) is 1.33. The lowest BCUT2D eigenvalue weighted by Crippen LogP contribution is -2.22. The number of carbonyl (C=O) groups excluding carboxylic acids is 1. The molecule has 0 radical (unpaired) electrons. The van der Waals surface area contributed by atoms with Gasteiger partial charge in [0.1, 0.15) is 12.0 Å². The molecule has 1 aromatic rings. The van der Waals surface area contributed by atoms with Gasteiger partial charge < -0.3 is 9.53 Å². The van der Waals surface area contributed by atoms with Gasteiger partial charge in [-0.15, -0.1) is 0 Å². The van der Waals surface area contributed by atoms with Crippen LogP contribution >= 0.6 is 0 Å². The van der Waals surface area contributed by atoms with Crippen molar-refractivity contribution < 1.29 is 9.53 Å². The number of benzene rings is 1. The van der Waals surface area contributed by atoms with Crippen molar-refractivity contribution in [1.29, 1.82) is 0 Å². The van der Waals surface area contributed by atoms with Crippen LogP contribution in [0.2, 0.25) is 0 Å². The van der Waals surface area contributed by atoms with E-state index in [1.807, 2.05) is 38.1 Å². The Hall–Kier alpha value is -1.31. The van der Waals surface area contributed by atoms with Crippen LogP contribution in [0.3, 0.4) is 0 Å². The lowest BCUT2D eigenvalue weighted by molar-refractivity contribution is -0.112. The number of rotatable bonds is 4. The van der Waals surface area contributed by atoms with Crippen molar-refractivity contribution >= 4 is 6.29 Å². The Bertz CT molecular complexity index is 320. The van der Waals surface area contributed by atoms with Crippen LogP contribution in [0.4, 0.5) is 0 Å². The standard InChI is InChI=1S/C12H16O2/c1-4-12(2,9-13)10-6-5-7-11(8-10)14-3/h5-9H,4H2,1-3H3. The van der Waals surface area contributed by atoms with Crippen molar-refractivity contribution in [2.75, 3.05) is 7.11 Å². The zero-order chi connectivity index (χ0) is 10.6. The summed E-state index contributed by atoms with van der Waals surface area (Å²) < 4.78 is 5.12. The molecular formula is C12H16O2. The van der Waals surface area contributed by atoms with E-state index in [2.05, 4.69) is 0 Å². The number of carbonyl (C=O) groups is 1. The summed E-state index contributed by atoms with van der Waals surface area (Å²) in [7, 11) is 1.63. The van der Waals surface area contributed by atoms with Gasteiger partial charge in [-0.2, -0.15) is 0 Å². The second-order valence-electron chi connectivity index (χ2n) is 3.62. The first kappa shape index (κ1) is 10.8. The van der Waals surface area contributed by atoms with E-state index in [1.165, 1.54) is 0 Å². The molecule has 0 aromatic heterocycles. The van der Waals surface area contributed by atoms with Crippen LogP contribution in [0, 0.1) is 0 Å². The molecule has 0 saturated heterocycles. The van der Waals surface area contributed by atoms with Gasteiger partial charge in [-0.05, 0) is 31.0 Å². The predicted octanol–water partition coefficient (Wildman–Crippen LogP) is 2.56. The third-order valence-electron chi connectivity index (χ3n) is 2.72. The molecule has 0 spiro atoms. The number of ether oxygens (including phenoxy) is 1. The summed E-state index contributed by atoms with van der Waals surface area (Å²) in [6, 6.07) is 7.66. The molecule has 76 valence electrons. The van der Waals surface area contributed by atoms with Crippen LogP contribution in [0.5, 0.6) is 5.75 Å². The third kappa shape index (κ3) is 1.95. The van der Waals surface area contributed by atoms with E-state index in [0.717, 1.165) is 24.0 Å². The van der Waals surface area contributed by atoms with Gasteiger partial charge in [0.25, 0.3) is 0 Å². The van der Waals surface area contributed by atoms with Gasteiger partial charge in [0.2, 0.25) is 0 Å². The molecule has 14 heavy (non-hydrogen) atoms. The lowest BCUT2D eigenvalue weighted by atomic mass is 9.81. The Morgan fingerprint density at radius 3 is 2.71 bits per heavy atom. The molecule has 2 heteroatoms. The van der Waals surface area contributed by atoms with E-state index in [4.69, 9.17) is 4.74 Å². The maximum atomic E-state index is 11.0. The Labute approximate surface area is 84.9 Å². The quantitative estimate of drug-likeness (QED) is 0.685. The van der Waals surface area contributed by atoms with E-state index in [-0.39, 0.29) is 0 Å². The molecule has 1 unspecified atom stereocenters. The zero-order valence-electron chi connectivity index (χ0n) is 8.91. The van der Waals surface area contributed by atoms with E-state index < -0.39 is 5.41 Å². The Morgan fingerprint density at radius 2 is 2.21 bits per heavy atom. The lowest BCUT2D eigenvalue weighted by Gasteiger charge is -2.21. The zero-order valence-corrected chi connectivity index (χ0v) is 8.91. The smallest absolute Gasteiger partial charge is 0.130 e. The molecule has 0 aliphatic rings. The third-order valence-corrected chi connectivity index (χ3v) is 2.72. The summed E-state index contributed by atoms with van der Waals surface area (Å²) in [5.74, 6) is 0.795. The van der Waals surface area contributed by atoms with E-state index in [1.54, 1.807) is 7.11 Å². The molecule has 0 fully saturated rings. The van der Waals surface area contributed by atoms with E-state index in [9.17, 15) is 4.79 Å². The first-order valence-corrected chi connectivity index (χ1v) is 4.77. The van der Waals surface area contributed by atoms with Crippen molar-refractivity contribution in [1.82, 2.24) is 0 Å². The van der Waals surface area contributed by atoms with Crippen molar-refractivity contribution in [3.05, 3.63) is 29.8 Å². The summed E-state index contributed by atoms with van der Waals surface area (Å²) in [5.41, 5.74) is 0.614. The maximum Gasteiger partial charge on any atom is 0.130 e. The molecule has 1 atom stereocenters. The molecule has 0 N–H and O–H groups in total. The van der Waals surface area contributed by atoms with Crippen molar-refractivity contribution in [3.8, 4) is 5.75 Å². The largest absolute Gasteiger partial charge is 0.497 e. The highest BCUT2D eigenvalue weighted by molar-refractivity contribution is 5.68. The van der Waals surface area contributed by atoms with Crippen LogP contribution in [0.1, 0.15) is 25.8 Å². The number of hydrogen-bond acceptors (Lipinski definition) is 2. The Morgan fingerprint density at radius 1 is 1.50 bits per heavy atom. The van der Waals surface area contributed by atoms with E-state index >= 15 is 0 Å². The van der Waals surface area contributed by atoms with Crippen LogP contribution < -0.4 is 4.74 Å². The highest BCUT2D eigenvalue weighted by Crippen LogP contribution is 2.27. The number of hydrogen-bond donors (Lipinski definition) is 0. The van der Waals surface area contributed by atoms with Gasteiger partial charge in [-0.3, -0.25) is 0 Å². The van der Waals surface area contributed by atoms with Gasteiger partial charge >= 0.3 is 0 Å². The fraction of sp³-hybridized carbons (Fsp3) is 0.417. The first-order valence-electron chi connectivity index (χ1n) is 4.77. The van der Waals surface area contributed by atoms with Gasteiger partial charge in [0.15, 0.2) is 0 Å². The van der Waals surface area contributed by atoms with Crippen molar-refractivity contribution in [2.24, 2.45) is 0 Å². The van der Waals surface area contributed by atoms with E-state index in [0.29, 0.717) is 0 Å². The SMILES string of the molecule is CCC(C)(C=O)c1cccc(OC)c1. The van der Waals surface area contributed by atoms with Gasteiger partial charge in [-0.25, -0.2) is 0 Å². The average Bonchev–Trinajstić information content (AvgIpc) is 2.28. The topological polar surface area (TPSA) is 26.3 Å². The molecular weight excluding hydrogens is 176 g/mol. The fourth-order valence-electron chi connectivity index (χ4n) is 1.33. The first-order chi connectivity index (χ1) is 6.66. The molecule has 0 heterocycles. The summed E-state index contributed by atoms with van der Waals surface area (Å²) in [5, 5.41) is 0. The molecule has 0 saturated carbocycles. The summed E-state index contributed by atoms with van der Waals surface area (Å²) in [6.45, 7) is 3.95. The number of methoxy groups -OCH3 is 1. The molecule has 0 aliphatic heterocycles. The molecule has 2 nitrogen and oxygen atoms in total. The molecule has 1 aromatic carbocycles. The Kier molecular flexibility index (Phi) is 3.28. The van der Waals surface area contributed by atoms with Crippen LogP contribution in [0.25, 0.3) is 0 Å². The second-order valence-corrected chi connectivity index (χ2v) is 3.62. The Balaban J connectivity index is 3.10. The molecule has 0 bridgehead atoms. The summed E-state index contributed by atoms with van der Waals surface area (Å²) >= 11 is 0. The minimum absolute atomic E-state index is 0.394. The number of aldehydes is 1. The van der Waals surface area contributed by atoms with Gasteiger partial charge in [-0.1, -0.05) is 19.1 Å². The normalized spacial score (nSPS) is 14.5. The van der Waals surface area contributed by atoms with Crippen LogP contribution in [0.15, 0.2) is 24.3 Å². The second kappa shape index (κ2) is 4.27. The highest BCUT2D eigenvalue weighted by Gasteiger charge is 2.23. The highest BCUT2D eigenvalue weighted by atomic mass is 16.5. The van der Waals surface area contributed by atoms with Crippen LogP contribution in [-0.2, 0) is 10.2 Å². The van der Waals surface area contributed by atoms with Gasteiger partial charge in [0.05, 0.1) is 7.11 Å². The van der Waals surface area contributed by atoms with Crippen molar-refractivity contribution in [3.63, 3.8) is 0 Å². The minimum atomic E-state index is -0.394. The molecule has 0 amide bonds. The molecule has 1 rings (SSSR count). The molecule has 0 aliphatic carbocycles. The maximum absolute atomic E-state index is 11.0. The monoisotopic (exact) mass is 192 g/mol. The average molecular weight is 192 g/mol. The van der Waals surface area contributed by atoms with Crippen molar-refractivity contribution in [2.45, 2.75) is 25.7 Å². The minimum Gasteiger partial charge on any atom is -0.497 e. The predicted molar refractivity (Wildman–Crippen MR) is 56.7 cm³/mol. The van der Waals surface area contributed by atoms with Gasteiger partial charge in [0, 0.05) is 5.41 Å².